The molecule has 20 heavy (non-hydrogen) atoms. The second kappa shape index (κ2) is 5.78. The van der Waals surface area contributed by atoms with Gasteiger partial charge in [0.25, 0.3) is 5.91 Å². The van der Waals surface area contributed by atoms with Crippen LogP contribution in [0.4, 0.5) is 11.4 Å². The van der Waals surface area contributed by atoms with Gasteiger partial charge in [0.05, 0.1) is 0 Å². The van der Waals surface area contributed by atoms with Crippen LogP contribution in [-0.4, -0.2) is 13.0 Å². The van der Waals surface area contributed by atoms with Gasteiger partial charge in [-0.3, -0.25) is 4.79 Å². The molecule has 1 amide bonds. The molecule has 2 rings (SSSR count). The Morgan fingerprint density at radius 1 is 1.00 bits per heavy atom. The van der Waals surface area contributed by atoms with Crippen LogP contribution in [-0.2, 0) is 0 Å². The normalized spacial score (nSPS) is 10.2. The molecule has 0 aliphatic carbocycles. The van der Waals surface area contributed by atoms with Gasteiger partial charge in [-0.1, -0.05) is 23.8 Å². The number of hydrogen-bond acceptors (Lipinski definition) is 2. The van der Waals surface area contributed by atoms with Crippen LogP contribution in [0, 0.1) is 20.8 Å². The molecular formula is C17H20N2O. The van der Waals surface area contributed by atoms with Gasteiger partial charge in [-0.05, 0) is 50.1 Å². The molecule has 3 nitrogen and oxygen atoms in total. The van der Waals surface area contributed by atoms with Gasteiger partial charge in [-0.2, -0.15) is 0 Å². The molecule has 0 atom stereocenters. The van der Waals surface area contributed by atoms with Crippen molar-refractivity contribution in [1.82, 2.24) is 0 Å². The van der Waals surface area contributed by atoms with Gasteiger partial charge >= 0.3 is 0 Å². The van der Waals surface area contributed by atoms with Crippen LogP contribution >= 0.6 is 0 Å². The van der Waals surface area contributed by atoms with Crippen molar-refractivity contribution in [1.29, 1.82) is 0 Å². The van der Waals surface area contributed by atoms with E-state index in [0.717, 1.165) is 22.5 Å². The van der Waals surface area contributed by atoms with Crippen molar-refractivity contribution in [2.75, 3.05) is 17.7 Å². The number of hydrogen-bond donors (Lipinski definition) is 2. The first-order valence-corrected chi connectivity index (χ1v) is 6.68. The van der Waals surface area contributed by atoms with E-state index in [4.69, 9.17) is 0 Å². The van der Waals surface area contributed by atoms with Crippen molar-refractivity contribution in [3.05, 3.63) is 58.7 Å². The van der Waals surface area contributed by atoms with Gasteiger partial charge in [-0.15, -0.1) is 0 Å². The predicted molar refractivity (Wildman–Crippen MR) is 84.6 cm³/mol. The summed E-state index contributed by atoms with van der Waals surface area (Å²) in [6.45, 7) is 6.08. The Morgan fingerprint density at radius 3 is 2.25 bits per heavy atom. The van der Waals surface area contributed by atoms with Crippen molar-refractivity contribution >= 4 is 17.3 Å². The second-order valence-corrected chi connectivity index (χ2v) is 5.06. The molecule has 0 fully saturated rings. The van der Waals surface area contributed by atoms with Crippen molar-refractivity contribution in [3.8, 4) is 0 Å². The van der Waals surface area contributed by atoms with E-state index < -0.39 is 0 Å². The van der Waals surface area contributed by atoms with E-state index in [-0.39, 0.29) is 5.91 Å². The molecule has 2 aromatic rings. The van der Waals surface area contributed by atoms with E-state index in [2.05, 4.69) is 29.7 Å². The van der Waals surface area contributed by atoms with Crippen LogP contribution in [0.1, 0.15) is 27.0 Å². The van der Waals surface area contributed by atoms with Crippen LogP contribution in [0.5, 0.6) is 0 Å². The summed E-state index contributed by atoms with van der Waals surface area (Å²) in [7, 11) is 1.84. The predicted octanol–water partition coefficient (Wildman–Crippen LogP) is 3.91. The Balaban J connectivity index is 2.28. The molecule has 0 spiro atoms. The summed E-state index contributed by atoms with van der Waals surface area (Å²) in [5, 5.41) is 6.04. The molecule has 2 N–H and O–H groups in total. The number of benzene rings is 2. The van der Waals surface area contributed by atoms with Crippen molar-refractivity contribution in [2.45, 2.75) is 20.8 Å². The van der Waals surface area contributed by atoms with Gasteiger partial charge in [0, 0.05) is 24.0 Å². The topological polar surface area (TPSA) is 41.1 Å². The van der Waals surface area contributed by atoms with Crippen LogP contribution in [0.2, 0.25) is 0 Å². The molecule has 0 unspecified atom stereocenters. The summed E-state index contributed by atoms with van der Waals surface area (Å²) in [5.41, 5.74) is 5.85. The zero-order valence-electron chi connectivity index (χ0n) is 12.4. The fraction of sp³-hybridized carbons (Fsp3) is 0.235. The first kappa shape index (κ1) is 14.1. The van der Waals surface area contributed by atoms with Gasteiger partial charge in [0.2, 0.25) is 0 Å². The van der Waals surface area contributed by atoms with E-state index in [1.165, 1.54) is 5.56 Å². The molecule has 0 heterocycles. The number of anilines is 2. The maximum absolute atomic E-state index is 12.3. The third-order valence-corrected chi connectivity index (χ3v) is 3.33. The number of aryl methyl sites for hydroxylation is 3. The van der Waals surface area contributed by atoms with E-state index in [1.54, 1.807) is 0 Å². The molecule has 0 bridgehead atoms. The average molecular weight is 268 g/mol. The number of amides is 1. The van der Waals surface area contributed by atoms with Crippen molar-refractivity contribution < 1.29 is 4.79 Å². The lowest BCUT2D eigenvalue weighted by molar-refractivity contribution is 0.102. The zero-order valence-corrected chi connectivity index (χ0v) is 12.4. The summed E-state index contributed by atoms with van der Waals surface area (Å²) >= 11 is 0. The van der Waals surface area contributed by atoms with Crippen LogP contribution < -0.4 is 10.6 Å². The van der Waals surface area contributed by atoms with Gasteiger partial charge in [0.1, 0.15) is 0 Å². The molecule has 0 saturated carbocycles. The highest BCUT2D eigenvalue weighted by molar-refractivity contribution is 6.05. The lowest BCUT2D eigenvalue weighted by Crippen LogP contribution is -2.14. The summed E-state index contributed by atoms with van der Waals surface area (Å²) < 4.78 is 0. The van der Waals surface area contributed by atoms with Crippen LogP contribution in [0.25, 0.3) is 0 Å². The molecule has 2 aromatic carbocycles. The maximum atomic E-state index is 12.3. The SMILES string of the molecule is CNc1cccc(C(=O)Nc2c(C)cc(C)cc2C)c1. The van der Waals surface area contributed by atoms with Crippen molar-refractivity contribution in [3.63, 3.8) is 0 Å². The fourth-order valence-electron chi connectivity index (χ4n) is 2.38. The van der Waals surface area contributed by atoms with E-state index in [0.29, 0.717) is 5.56 Å². The Morgan fingerprint density at radius 2 is 1.65 bits per heavy atom. The monoisotopic (exact) mass is 268 g/mol. The lowest BCUT2D eigenvalue weighted by atomic mass is 10.0. The average Bonchev–Trinajstić information content (AvgIpc) is 2.42. The first-order valence-electron chi connectivity index (χ1n) is 6.68. The zero-order chi connectivity index (χ0) is 14.7. The highest BCUT2D eigenvalue weighted by Gasteiger charge is 2.10. The third kappa shape index (κ3) is 2.99. The number of carbonyl (C=O) groups is 1. The smallest absolute Gasteiger partial charge is 0.255 e. The molecule has 0 saturated heterocycles. The van der Waals surface area contributed by atoms with Crippen LogP contribution in [0.3, 0.4) is 0 Å². The summed E-state index contributed by atoms with van der Waals surface area (Å²) in [6.07, 6.45) is 0. The molecule has 0 radical (unpaired) electrons. The molecule has 0 aromatic heterocycles. The number of rotatable bonds is 3. The minimum atomic E-state index is -0.0860. The summed E-state index contributed by atoms with van der Waals surface area (Å²) in [6, 6.07) is 11.6. The Labute approximate surface area is 120 Å². The second-order valence-electron chi connectivity index (χ2n) is 5.06. The Bertz CT molecular complexity index is 624. The highest BCUT2D eigenvalue weighted by Crippen LogP contribution is 2.23. The first-order chi connectivity index (χ1) is 9.51. The summed E-state index contributed by atoms with van der Waals surface area (Å²) in [5.74, 6) is -0.0860. The Kier molecular flexibility index (Phi) is 4.08. The highest BCUT2D eigenvalue weighted by atomic mass is 16.1. The number of carbonyl (C=O) groups excluding carboxylic acids is 1. The van der Waals surface area contributed by atoms with Crippen molar-refractivity contribution in [2.24, 2.45) is 0 Å². The molecule has 0 aliphatic heterocycles. The van der Waals surface area contributed by atoms with Crippen LogP contribution in [0.15, 0.2) is 36.4 Å². The molecular weight excluding hydrogens is 248 g/mol. The van der Waals surface area contributed by atoms with E-state index in [9.17, 15) is 4.79 Å². The van der Waals surface area contributed by atoms with E-state index in [1.807, 2.05) is 45.2 Å². The fourth-order valence-corrected chi connectivity index (χ4v) is 2.38. The lowest BCUT2D eigenvalue weighted by Gasteiger charge is -2.13. The van der Waals surface area contributed by atoms with Gasteiger partial charge in [-0.25, -0.2) is 0 Å². The minimum Gasteiger partial charge on any atom is -0.388 e. The standard InChI is InChI=1S/C17H20N2O/c1-11-8-12(2)16(13(3)9-11)19-17(20)14-6-5-7-15(10-14)18-4/h5-10,18H,1-4H3,(H,19,20). The van der Waals surface area contributed by atoms with Gasteiger partial charge < -0.3 is 10.6 Å². The Hall–Kier alpha value is -2.29. The minimum absolute atomic E-state index is 0.0860. The maximum Gasteiger partial charge on any atom is 0.255 e. The largest absolute Gasteiger partial charge is 0.388 e. The molecule has 104 valence electrons. The molecule has 3 heteroatoms. The molecule has 0 aliphatic rings. The quantitative estimate of drug-likeness (QED) is 0.886. The number of nitrogens with one attached hydrogen (secondary N) is 2. The van der Waals surface area contributed by atoms with E-state index >= 15 is 0 Å². The van der Waals surface area contributed by atoms with Gasteiger partial charge in [0.15, 0.2) is 0 Å². The summed E-state index contributed by atoms with van der Waals surface area (Å²) in [4.78, 5) is 12.3. The third-order valence-electron chi connectivity index (χ3n) is 3.33.